The van der Waals surface area contributed by atoms with Crippen molar-refractivity contribution in [2.45, 2.75) is 18.0 Å². The molecule has 0 fully saturated rings. The fourth-order valence-electron chi connectivity index (χ4n) is 2.73. The molecule has 0 unspecified atom stereocenters. The van der Waals surface area contributed by atoms with Crippen LogP contribution in [0.4, 0.5) is 5.95 Å². The molecule has 0 saturated carbocycles. The van der Waals surface area contributed by atoms with Crippen molar-refractivity contribution in [3.8, 4) is 0 Å². The first-order valence-corrected chi connectivity index (χ1v) is 8.44. The van der Waals surface area contributed by atoms with Crippen molar-refractivity contribution in [1.29, 1.82) is 0 Å². The van der Waals surface area contributed by atoms with Gasteiger partial charge in [0.1, 0.15) is 4.90 Å². The molecule has 1 aliphatic heterocycles. The van der Waals surface area contributed by atoms with Crippen molar-refractivity contribution in [2.75, 3.05) is 5.73 Å². The lowest BCUT2D eigenvalue weighted by Crippen LogP contribution is -2.26. The SMILES string of the molecule is Nc1ncc2c(n1)CN(S(=O)(=O)c1cccc3cccnc13)C2. The lowest BCUT2D eigenvalue weighted by atomic mass is 10.2. The average molecular weight is 327 g/mol. The van der Waals surface area contributed by atoms with Gasteiger partial charge < -0.3 is 5.73 Å². The zero-order chi connectivity index (χ0) is 16.0. The highest BCUT2D eigenvalue weighted by Gasteiger charge is 2.33. The van der Waals surface area contributed by atoms with Crippen LogP contribution in [0.5, 0.6) is 0 Å². The quantitative estimate of drug-likeness (QED) is 0.761. The predicted molar refractivity (Wildman–Crippen MR) is 84.6 cm³/mol. The number of anilines is 1. The summed E-state index contributed by atoms with van der Waals surface area (Å²) in [4.78, 5) is 12.5. The summed E-state index contributed by atoms with van der Waals surface area (Å²) in [5.74, 6) is 0.148. The second-order valence-electron chi connectivity index (χ2n) is 5.30. The Hall–Kier alpha value is -2.58. The van der Waals surface area contributed by atoms with Crippen molar-refractivity contribution in [3.05, 3.63) is 54.0 Å². The molecule has 0 atom stereocenters. The fourth-order valence-corrected chi connectivity index (χ4v) is 4.28. The summed E-state index contributed by atoms with van der Waals surface area (Å²) in [6, 6.07) is 8.76. The Balaban J connectivity index is 1.80. The molecular weight excluding hydrogens is 314 g/mol. The average Bonchev–Trinajstić information content (AvgIpc) is 2.98. The number of benzene rings is 1. The highest BCUT2D eigenvalue weighted by molar-refractivity contribution is 7.89. The van der Waals surface area contributed by atoms with Gasteiger partial charge in [-0.25, -0.2) is 18.4 Å². The third-order valence-electron chi connectivity index (χ3n) is 3.86. The van der Waals surface area contributed by atoms with Gasteiger partial charge >= 0.3 is 0 Å². The van der Waals surface area contributed by atoms with Crippen molar-refractivity contribution in [1.82, 2.24) is 19.3 Å². The molecule has 0 bridgehead atoms. The summed E-state index contributed by atoms with van der Waals surface area (Å²) in [5.41, 5.74) is 7.46. The van der Waals surface area contributed by atoms with E-state index in [2.05, 4.69) is 15.0 Å². The molecule has 3 heterocycles. The molecule has 8 heteroatoms. The Morgan fingerprint density at radius 1 is 1.09 bits per heavy atom. The number of pyridine rings is 1. The maximum atomic E-state index is 13.0. The summed E-state index contributed by atoms with van der Waals surface area (Å²) in [6.45, 7) is 0.425. The van der Waals surface area contributed by atoms with Gasteiger partial charge in [-0.15, -0.1) is 0 Å². The highest BCUT2D eigenvalue weighted by atomic mass is 32.2. The number of nitrogen functional groups attached to an aromatic ring is 1. The van der Waals surface area contributed by atoms with Crippen LogP contribution in [0.25, 0.3) is 10.9 Å². The number of fused-ring (bicyclic) bond motifs is 2. The van der Waals surface area contributed by atoms with Gasteiger partial charge in [-0.05, 0) is 12.1 Å². The molecule has 0 aliphatic carbocycles. The molecule has 0 amide bonds. The van der Waals surface area contributed by atoms with E-state index in [0.717, 1.165) is 10.9 Å². The van der Waals surface area contributed by atoms with Crippen LogP contribution in [-0.2, 0) is 23.1 Å². The Kier molecular flexibility index (Phi) is 3.03. The van der Waals surface area contributed by atoms with E-state index >= 15 is 0 Å². The normalized spacial score (nSPS) is 15.0. The first-order chi connectivity index (χ1) is 11.1. The molecule has 4 rings (SSSR count). The van der Waals surface area contributed by atoms with Gasteiger partial charge in [0.25, 0.3) is 0 Å². The van der Waals surface area contributed by atoms with E-state index in [-0.39, 0.29) is 23.9 Å². The van der Waals surface area contributed by atoms with Crippen molar-refractivity contribution in [2.24, 2.45) is 0 Å². The maximum Gasteiger partial charge on any atom is 0.245 e. The zero-order valence-corrected chi connectivity index (χ0v) is 12.9. The lowest BCUT2D eigenvalue weighted by molar-refractivity contribution is 0.430. The van der Waals surface area contributed by atoms with Crippen LogP contribution >= 0.6 is 0 Å². The topological polar surface area (TPSA) is 102 Å². The molecule has 2 N–H and O–H groups in total. The number of sulfonamides is 1. The van der Waals surface area contributed by atoms with E-state index in [1.807, 2.05) is 12.1 Å². The summed E-state index contributed by atoms with van der Waals surface area (Å²) < 4.78 is 27.4. The fraction of sp³-hybridized carbons (Fsp3) is 0.133. The third-order valence-corrected chi connectivity index (χ3v) is 5.68. The smallest absolute Gasteiger partial charge is 0.245 e. The summed E-state index contributed by atoms with van der Waals surface area (Å²) in [5, 5.41) is 0.786. The molecule has 0 radical (unpaired) electrons. The van der Waals surface area contributed by atoms with Gasteiger partial charge in [-0.1, -0.05) is 18.2 Å². The molecular formula is C15H13N5O2S. The number of aromatic nitrogens is 3. The van der Waals surface area contributed by atoms with E-state index in [1.165, 1.54) is 4.31 Å². The minimum absolute atomic E-state index is 0.148. The van der Waals surface area contributed by atoms with Crippen LogP contribution in [-0.4, -0.2) is 27.7 Å². The van der Waals surface area contributed by atoms with Gasteiger partial charge in [0, 0.05) is 29.9 Å². The van der Waals surface area contributed by atoms with Gasteiger partial charge in [0.15, 0.2) is 0 Å². The van der Waals surface area contributed by atoms with Crippen LogP contribution < -0.4 is 5.73 Å². The molecule has 1 aromatic carbocycles. The largest absolute Gasteiger partial charge is 0.368 e. The van der Waals surface area contributed by atoms with E-state index in [9.17, 15) is 8.42 Å². The van der Waals surface area contributed by atoms with Crippen LogP contribution in [0.3, 0.4) is 0 Å². The molecule has 1 aliphatic rings. The van der Waals surface area contributed by atoms with E-state index < -0.39 is 10.0 Å². The Bertz CT molecular complexity index is 1010. The minimum Gasteiger partial charge on any atom is -0.368 e. The number of rotatable bonds is 2. The summed E-state index contributed by atoms with van der Waals surface area (Å²) in [7, 11) is -3.68. The van der Waals surface area contributed by atoms with Crippen molar-refractivity contribution >= 4 is 26.9 Å². The first-order valence-electron chi connectivity index (χ1n) is 7.00. The summed E-state index contributed by atoms with van der Waals surface area (Å²) in [6.07, 6.45) is 3.17. The number of para-hydroxylation sites is 1. The van der Waals surface area contributed by atoms with Crippen molar-refractivity contribution < 1.29 is 8.42 Å². The molecule has 7 nitrogen and oxygen atoms in total. The van der Waals surface area contributed by atoms with Gasteiger partial charge in [0.2, 0.25) is 16.0 Å². The Morgan fingerprint density at radius 2 is 1.91 bits per heavy atom. The number of nitrogens with zero attached hydrogens (tertiary/aromatic N) is 4. The first kappa shape index (κ1) is 14.0. The predicted octanol–water partition coefficient (Wildman–Crippen LogP) is 1.31. The Morgan fingerprint density at radius 3 is 2.78 bits per heavy atom. The van der Waals surface area contributed by atoms with Crippen LogP contribution in [0, 0.1) is 0 Å². The van der Waals surface area contributed by atoms with E-state index in [0.29, 0.717) is 11.2 Å². The van der Waals surface area contributed by atoms with Crippen LogP contribution in [0.2, 0.25) is 0 Å². The minimum atomic E-state index is -3.68. The summed E-state index contributed by atoms with van der Waals surface area (Å²) >= 11 is 0. The van der Waals surface area contributed by atoms with Gasteiger partial charge in [0.05, 0.1) is 17.8 Å². The van der Waals surface area contributed by atoms with Gasteiger partial charge in [-0.3, -0.25) is 4.98 Å². The third kappa shape index (κ3) is 2.23. The van der Waals surface area contributed by atoms with Crippen LogP contribution in [0.15, 0.2) is 47.6 Å². The second kappa shape index (κ2) is 4.97. The molecule has 0 spiro atoms. The van der Waals surface area contributed by atoms with E-state index in [4.69, 9.17) is 5.73 Å². The van der Waals surface area contributed by atoms with Gasteiger partial charge in [-0.2, -0.15) is 4.31 Å². The second-order valence-corrected chi connectivity index (χ2v) is 7.21. The van der Waals surface area contributed by atoms with E-state index in [1.54, 1.807) is 30.6 Å². The number of hydrogen-bond acceptors (Lipinski definition) is 6. The van der Waals surface area contributed by atoms with Crippen molar-refractivity contribution in [3.63, 3.8) is 0 Å². The number of nitrogens with two attached hydrogens (primary N) is 1. The zero-order valence-electron chi connectivity index (χ0n) is 12.0. The molecule has 116 valence electrons. The lowest BCUT2D eigenvalue weighted by Gasteiger charge is -2.16. The monoisotopic (exact) mass is 327 g/mol. The Labute approximate surface area is 132 Å². The molecule has 23 heavy (non-hydrogen) atoms. The molecule has 0 saturated heterocycles. The van der Waals surface area contributed by atoms with Crippen LogP contribution in [0.1, 0.15) is 11.3 Å². The molecule has 2 aromatic heterocycles. The maximum absolute atomic E-state index is 13.0. The number of hydrogen-bond donors (Lipinski definition) is 1. The standard InChI is InChI=1S/C15H13N5O2S/c16-15-18-7-11-8-20(9-12(11)19-15)23(21,22)13-5-1-3-10-4-2-6-17-14(10)13/h1-7H,8-9H2,(H2,16,18,19). The highest BCUT2D eigenvalue weighted by Crippen LogP contribution is 2.30. The molecule has 3 aromatic rings.